The largest absolute Gasteiger partial charge is 0.336 e. The Hall–Kier alpha value is -1.36. The molecule has 2 aromatic heterocycles. The van der Waals surface area contributed by atoms with Gasteiger partial charge in [-0.2, -0.15) is 4.98 Å². The molecule has 1 aliphatic rings. The van der Waals surface area contributed by atoms with Crippen molar-refractivity contribution < 1.29 is 0 Å². The molecule has 0 amide bonds. The molecule has 3 rings (SSSR count). The van der Waals surface area contributed by atoms with E-state index in [0.717, 1.165) is 12.2 Å². The van der Waals surface area contributed by atoms with Gasteiger partial charge < -0.3 is 4.98 Å². The Balaban J connectivity index is 1.93. The third-order valence-electron chi connectivity index (χ3n) is 3.93. The first-order valence-corrected chi connectivity index (χ1v) is 7.14. The van der Waals surface area contributed by atoms with E-state index >= 15 is 0 Å². The predicted molar refractivity (Wildman–Crippen MR) is 74.4 cm³/mol. The number of aromatic amines is 1. The number of rotatable bonds is 2. The van der Waals surface area contributed by atoms with Crippen molar-refractivity contribution in [1.82, 2.24) is 19.5 Å². The van der Waals surface area contributed by atoms with E-state index in [2.05, 4.69) is 15.0 Å². The van der Waals surface area contributed by atoms with Gasteiger partial charge in [0.1, 0.15) is 5.82 Å². The second kappa shape index (κ2) is 4.96. The minimum Gasteiger partial charge on any atom is -0.336 e. The molecule has 1 saturated carbocycles. The highest BCUT2D eigenvalue weighted by atomic mass is 35.5. The lowest BCUT2D eigenvalue weighted by Crippen LogP contribution is -2.18. The van der Waals surface area contributed by atoms with Gasteiger partial charge in [-0.25, -0.2) is 4.98 Å². The molecular weight excluding hydrogens is 264 g/mol. The van der Waals surface area contributed by atoms with Gasteiger partial charge in [-0.05, 0) is 17.5 Å². The molecule has 1 N–H and O–H groups in total. The molecule has 0 unspecified atom stereocenters. The zero-order valence-electron chi connectivity index (χ0n) is 10.9. The van der Waals surface area contributed by atoms with Crippen molar-refractivity contribution in [2.24, 2.45) is 13.0 Å². The second-order valence-electron chi connectivity index (χ2n) is 5.34. The number of imidazole rings is 1. The number of hydrogen-bond donors (Lipinski definition) is 1. The highest BCUT2D eigenvalue weighted by Gasteiger charge is 2.17. The molecule has 5 nitrogen and oxygen atoms in total. The van der Waals surface area contributed by atoms with Crippen LogP contribution in [0, 0.1) is 5.92 Å². The van der Waals surface area contributed by atoms with Crippen molar-refractivity contribution in [2.75, 3.05) is 0 Å². The normalized spacial score (nSPS) is 17.2. The molecular formula is C13H17ClN4O. The molecule has 6 heteroatoms. The first kappa shape index (κ1) is 12.7. The van der Waals surface area contributed by atoms with Crippen molar-refractivity contribution in [2.45, 2.75) is 38.5 Å². The maximum atomic E-state index is 12.0. The smallest absolute Gasteiger partial charge is 0.280 e. The number of fused-ring (bicyclic) bond motifs is 1. The average Bonchev–Trinajstić information content (AvgIpc) is 2.80. The van der Waals surface area contributed by atoms with Crippen LogP contribution < -0.4 is 5.56 Å². The number of H-pyrrole nitrogens is 1. The van der Waals surface area contributed by atoms with Crippen molar-refractivity contribution in [3.63, 3.8) is 0 Å². The summed E-state index contributed by atoms with van der Waals surface area (Å²) in [5, 5.41) is 0.174. The van der Waals surface area contributed by atoms with Gasteiger partial charge in [0.25, 0.3) is 5.56 Å². The molecule has 0 radical (unpaired) electrons. The minimum absolute atomic E-state index is 0.169. The Labute approximate surface area is 116 Å². The van der Waals surface area contributed by atoms with Crippen LogP contribution in [-0.4, -0.2) is 19.5 Å². The van der Waals surface area contributed by atoms with Crippen molar-refractivity contribution in [1.29, 1.82) is 0 Å². The van der Waals surface area contributed by atoms with Crippen LogP contribution >= 0.6 is 11.6 Å². The summed E-state index contributed by atoms with van der Waals surface area (Å²) >= 11 is 5.89. The SMILES string of the molecule is Cn1c(Cl)nc2nc(CC3CCCCC3)[nH]c2c1=O. The van der Waals surface area contributed by atoms with Gasteiger partial charge >= 0.3 is 0 Å². The fourth-order valence-electron chi connectivity index (χ4n) is 2.82. The molecule has 0 saturated heterocycles. The van der Waals surface area contributed by atoms with E-state index in [0.29, 0.717) is 17.1 Å². The van der Waals surface area contributed by atoms with E-state index in [-0.39, 0.29) is 10.8 Å². The standard InChI is InChI=1S/C13H17ClN4O/c1-18-12(19)10-11(17-13(18)14)16-9(15-10)7-8-5-3-2-4-6-8/h8H,2-7H2,1H3,(H,15,16). The van der Waals surface area contributed by atoms with Gasteiger partial charge in [0.2, 0.25) is 5.28 Å². The summed E-state index contributed by atoms with van der Waals surface area (Å²) < 4.78 is 1.33. The third-order valence-corrected chi connectivity index (χ3v) is 4.27. The summed E-state index contributed by atoms with van der Waals surface area (Å²) in [5.74, 6) is 1.53. The van der Waals surface area contributed by atoms with Crippen molar-refractivity contribution in [3.8, 4) is 0 Å². The van der Waals surface area contributed by atoms with Gasteiger partial charge in [0.05, 0.1) is 0 Å². The summed E-state index contributed by atoms with van der Waals surface area (Å²) in [6.45, 7) is 0. The molecule has 0 spiro atoms. The van der Waals surface area contributed by atoms with E-state index in [1.807, 2.05) is 0 Å². The van der Waals surface area contributed by atoms with Crippen LogP contribution in [-0.2, 0) is 13.5 Å². The van der Waals surface area contributed by atoms with E-state index in [9.17, 15) is 4.79 Å². The maximum absolute atomic E-state index is 12.0. The minimum atomic E-state index is -0.169. The summed E-state index contributed by atoms with van der Waals surface area (Å²) in [6.07, 6.45) is 7.35. The first-order chi connectivity index (χ1) is 9.15. The summed E-state index contributed by atoms with van der Waals surface area (Å²) in [7, 11) is 1.61. The summed E-state index contributed by atoms with van der Waals surface area (Å²) in [4.78, 5) is 23.7. The van der Waals surface area contributed by atoms with Gasteiger partial charge in [0.15, 0.2) is 11.2 Å². The van der Waals surface area contributed by atoms with Crippen LogP contribution in [0.1, 0.15) is 37.9 Å². The van der Waals surface area contributed by atoms with Crippen LogP contribution in [0.25, 0.3) is 11.2 Å². The molecule has 0 bridgehead atoms. The Kier molecular flexibility index (Phi) is 3.31. The predicted octanol–water partition coefficient (Wildman–Crippen LogP) is 2.43. The molecule has 0 atom stereocenters. The van der Waals surface area contributed by atoms with Crippen molar-refractivity contribution >= 4 is 22.8 Å². The summed E-state index contributed by atoms with van der Waals surface area (Å²) in [5.41, 5.74) is 0.717. The average molecular weight is 281 g/mol. The molecule has 2 heterocycles. The molecule has 0 aliphatic heterocycles. The number of aromatic nitrogens is 4. The van der Waals surface area contributed by atoms with E-state index < -0.39 is 0 Å². The lowest BCUT2D eigenvalue weighted by Gasteiger charge is -2.20. The Morgan fingerprint density at radius 2 is 2.05 bits per heavy atom. The van der Waals surface area contributed by atoms with Gasteiger partial charge in [0, 0.05) is 13.5 Å². The highest BCUT2D eigenvalue weighted by Crippen LogP contribution is 2.26. The molecule has 0 aromatic carbocycles. The molecule has 1 fully saturated rings. The van der Waals surface area contributed by atoms with E-state index in [1.54, 1.807) is 7.05 Å². The Morgan fingerprint density at radius 1 is 1.32 bits per heavy atom. The van der Waals surface area contributed by atoms with Crippen LogP contribution in [0.5, 0.6) is 0 Å². The van der Waals surface area contributed by atoms with Gasteiger partial charge in [-0.1, -0.05) is 32.1 Å². The highest BCUT2D eigenvalue weighted by molar-refractivity contribution is 6.28. The number of nitrogens with zero attached hydrogens (tertiary/aromatic N) is 3. The quantitative estimate of drug-likeness (QED) is 0.860. The Morgan fingerprint density at radius 3 is 2.79 bits per heavy atom. The molecule has 1 aliphatic carbocycles. The number of halogens is 1. The maximum Gasteiger partial charge on any atom is 0.280 e. The number of hydrogen-bond acceptors (Lipinski definition) is 3. The zero-order valence-corrected chi connectivity index (χ0v) is 11.7. The van der Waals surface area contributed by atoms with Crippen LogP contribution in [0.3, 0.4) is 0 Å². The van der Waals surface area contributed by atoms with E-state index in [4.69, 9.17) is 11.6 Å². The fourth-order valence-corrected chi connectivity index (χ4v) is 2.97. The summed E-state index contributed by atoms with van der Waals surface area (Å²) in [6, 6.07) is 0. The first-order valence-electron chi connectivity index (χ1n) is 6.76. The lowest BCUT2D eigenvalue weighted by molar-refractivity contribution is 0.352. The third kappa shape index (κ3) is 2.39. The van der Waals surface area contributed by atoms with Crippen LogP contribution in [0.15, 0.2) is 4.79 Å². The lowest BCUT2D eigenvalue weighted by atomic mass is 9.87. The molecule has 19 heavy (non-hydrogen) atoms. The van der Waals surface area contributed by atoms with E-state index in [1.165, 1.54) is 36.7 Å². The zero-order chi connectivity index (χ0) is 13.4. The monoisotopic (exact) mass is 280 g/mol. The molecule has 2 aromatic rings. The van der Waals surface area contributed by atoms with Gasteiger partial charge in [-0.15, -0.1) is 0 Å². The fraction of sp³-hybridized carbons (Fsp3) is 0.615. The van der Waals surface area contributed by atoms with Crippen LogP contribution in [0.2, 0.25) is 5.28 Å². The Bertz CT molecular complexity index is 654. The second-order valence-corrected chi connectivity index (χ2v) is 5.67. The number of nitrogens with one attached hydrogen (secondary N) is 1. The van der Waals surface area contributed by atoms with Gasteiger partial charge in [-0.3, -0.25) is 9.36 Å². The molecule has 102 valence electrons. The van der Waals surface area contributed by atoms with Crippen LogP contribution in [0.4, 0.5) is 0 Å². The van der Waals surface area contributed by atoms with Crippen molar-refractivity contribution in [3.05, 3.63) is 21.5 Å². The topological polar surface area (TPSA) is 63.6 Å².